The molecule has 0 bridgehead atoms. The molecule has 0 saturated heterocycles. The van der Waals surface area contributed by atoms with E-state index in [1.54, 1.807) is 27.7 Å². The Labute approximate surface area is 114 Å². The summed E-state index contributed by atoms with van der Waals surface area (Å²) in [6.07, 6.45) is 0.276. The molecule has 0 spiro atoms. The number of hydroxylamine groups is 2. The number of ketones is 1. The summed E-state index contributed by atoms with van der Waals surface area (Å²) in [6.45, 7) is 9.40. The van der Waals surface area contributed by atoms with Crippen LogP contribution >= 0.6 is 0 Å². The Bertz CT molecular complexity index is 375. The van der Waals surface area contributed by atoms with Crippen LogP contribution < -0.4 is 5.32 Å². The molecule has 110 valence electrons. The molecule has 2 amide bonds. The lowest BCUT2D eigenvalue weighted by molar-refractivity contribution is -0.198. The molecule has 6 heteroatoms. The lowest BCUT2D eigenvalue weighted by Crippen LogP contribution is -2.65. The zero-order valence-corrected chi connectivity index (χ0v) is 12.5. The van der Waals surface area contributed by atoms with Crippen molar-refractivity contribution in [3.63, 3.8) is 0 Å². The Balaban J connectivity index is 4.81. The molecule has 0 radical (unpaired) electrons. The van der Waals surface area contributed by atoms with E-state index in [0.717, 1.165) is 0 Å². The summed E-state index contributed by atoms with van der Waals surface area (Å²) in [5, 5.41) is 13.2. The molecule has 0 aromatic rings. The Morgan fingerprint density at radius 2 is 1.53 bits per heavy atom. The van der Waals surface area contributed by atoms with Gasteiger partial charge in [0.2, 0.25) is 11.8 Å². The van der Waals surface area contributed by atoms with E-state index in [-0.39, 0.29) is 24.5 Å². The van der Waals surface area contributed by atoms with Crippen LogP contribution in [-0.2, 0) is 14.4 Å². The molecule has 0 fully saturated rings. The van der Waals surface area contributed by atoms with Gasteiger partial charge < -0.3 is 10.1 Å². The van der Waals surface area contributed by atoms with Gasteiger partial charge in [0.1, 0.15) is 5.78 Å². The standard InChI is InChI=1S/C13H24N2O4/c1-9(16)7-8-11(18)14-12(3,4)13(5,6)15(19)10(2)17/h19H,7-8H2,1-6H3,(H,14,18). The van der Waals surface area contributed by atoms with Crippen molar-refractivity contribution >= 4 is 17.6 Å². The number of nitrogens with zero attached hydrogens (tertiary/aromatic N) is 1. The van der Waals surface area contributed by atoms with Crippen LogP contribution in [0.2, 0.25) is 0 Å². The molecule has 2 N–H and O–H groups in total. The highest BCUT2D eigenvalue weighted by Gasteiger charge is 2.44. The zero-order valence-electron chi connectivity index (χ0n) is 12.5. The summed E-state index contributed by atoms with van der Waals surface area (Å²) in [6, 6.07) is 0. The summed E-state index contributed by atoms with van der Waals surface area (Å²) in [4.78, 5) is 33.8. The molecule has 0 aliphatic rings. The van der Waals surface area contributed by atoms with Gasteiger partial charge in [0, 0.05) is 19.8 Å². The van der Waals surface area contributed by atoms with Crippen LogP contribution in [0.15, 0.2) is 0 Å². The van der Waals surface area contributed by atoms with Gasteiger partial charge in [-0.2, -0.15) is 0 Å². The van der Waals surface area contributed by atoms with Crippen LogP contribution in [0.25, 0.3) is 0 Å². The van der Waals surface area contributed by atoms with Gasteiger partial charge in [-0.05, 0) is 34.6 Å². The molecule has 0 aromatic heterocycles. The maximum Gasteiger partial charge on any atom is 0.243 e. The number of carbonyl (C=O) groups is 3. The van der Waals surface area contributed by atoms with Crippen molar-refractivity contribution in [2.75, 3.05) is 0 Å². The van der Waals surface area contributed by atoms with Gasteiger partial charge in [0.05, 0.1) is 11.1 Å². The van der Waals surface area contributed by atoms with Gasteiger partial charge in [0.25, 0.3) is 0 Å². The fourth-order valence-corrected chi connectivity index (χ4v) is 1.51. The first-order valence-corrected chi connectivity index (χ1v) is 6.22. The third-order valence-electron chi connectivity index (χ3n) is 3.51. The first-order chi connectivity index (χ1) is 8.41. The van der Waals surface area contributed by atoms with E-state index in [1.165, 1.54) is 13.8 Å². The normalized spacial score (nSPS) is 11.9. The minimum absolute atomic E-state index is 0.0558. The number of hydrogen-bond acceptors (Lipinski definition) is 4. The predicted octanol–water partition coefficient (Wildman–Crippen LogP) is 1.27. The zero-order chi connectivity index (χ0) is 15.4. The average molecular weight is 272 g/mol. The van der Waals surface area contributed by atoms with Crippen LogP contribution in [-0.4, -0.2) is 38.9 Å². The summed E-state index contributed by atoms with van der Waals surface area (Å²) in [5.41, 5.74) is -1.83. The molecular weight excluding hydrogens is 248 g/mol. The number of amides is 2. The molecule has 0 saturated carbocycles. The summed E-state index contributed by atoms with van der Waals surface area (Å²) in [5.74, 6) is -0.846. The molecule has 6 nitrogen and oxygen atoms in total. The number of nitrogens with one attached hydrogen (secondary N) is 1. The van der Waals surface area contributed by atoms with Crippen molar-refractivity contribution in [3.8, 4) is 0 Å². The van der Waals surface area contributed by atoms with Gasteiger partial charge >= 0.3 is 0 Å². The Morgan fingerprint density at radius 3 is 1.89 bits per heavy atom. The lowest BCUT2D eigenvalue weighted by atomic mass is 9.81. The van der Waals surface area contributed by atoms with Crippen molar-refractivity contribution in [2.24, 2.45) is 0 Å². The van der Waals surface area contributed by atoms with Crippen LogP contribution in [0.1, 0.15) is 54.4 Å². The molecule has 0 heterocycles. The van der Waals surface area contributed by atoms with E-state index >= 15 is 0 Å². The molecule has 19 heavy (non-hydrogen) atoms. The van der Waals surface area contributed by atoms with Crippen molar-refractivity contribution in [3.05, 3.63) is 0 Å². The molecular formula is C13H24N2O4. The summed E-state index contributed by atoms with van der Waals surface area (Å²) in [7, 11) is 0. The minimum atomic E-state index is -0.981. The van der Waals surface area contributed by atoms with Gasteiger partial charge in [-0.1, -0.05) is 0 Å². The highest BCUT2D eigenvalue weighted by Crippen LogP contribution is 2.27. The van der Waals surface area contributed by atoms with Crippen LogP contribution in [0.5, 0.6) is 0 Å². The lowest BCUT2D eigenvalue weighted by Gasteiger charge is -2.45. The van der Waals surface area contributed by atoms with Gasteiger partial charge in [-0.3, -0.25) is 14.8 Å². The predicted molar refractivity (Wildman–Crippen MR) is 70.5 cm³/mol. The average Bonchev–Trinajstić information content (AvgIpc) is 2.24. The Kier molecular flexibility index (Phi) is 5.68. The Morgan fingerprint density at radius 1 is 1.05 bits per heavy atom. The third-order valence-corrected chi connectivity index (χ3v) is 3.51. The highest BCUT2D eigenvalue weighted by molar-refractivity contribution is 5.84. The molecule has 0 atom stereocenters. The van der Waals surface area contributed by atoms with Crippen molar-refractivity contribution < 1.29 is 19.6 Å². The molecule has 0 rings (SSSR count). The monoisotopic (exact) mass is 272 g/mol. The maximum absolute atomic E-state index is 11.8. The molecule has 0 aromatic carbocycles. The number of Topliss-reactive ketones (excluding diaryl/α,β-unsaturated/α-hetero) is 1. The second kappa shape index (κ2) is 6.14. The fourth-order valence-electron chi connectivity index (χ4n) is 1.51. The van der Waals surface area contributed by atoms with E-state index in [4.69, 9.17) is 0 Å². The topological polar surface area (TPSA) is 86.7 Å². The second-order valence-corrected chi connectivity index (χ2v) is 5.77. The third kappa shape index (κ3) is 4.63. The van der Waals surface area contributed by atoms with Crippen LogP contribution in [0.3, 0.4) is 0 Å². The Hall–Kier alpha value is -1.43. The summed E-state index contributed by atoms with van der Waals surface area (Å²) < 4.78 is 0. The van der Waals surface area contributed by atoms with Gasteiger partial charge in [-0.15, -0.1) is 0 Å². The smallest absolute Gasteiger partial charge is 0.243 e. The van der Waals surface area contributed by atoms with E-state index in [1.807, 2.05) is 0 Å². The van der Waals surface area contributed by atoms with Crippen molar-refractivity contribution in [1.82, 2.24) is 10.4 Å². The fraction of sp³-hybridized carbons (Fsp3) is 0.769. The first-order valence-electron chi connectivity index (χ1n) is 6.22. The maximum atomic E-state index is 11.8. The molecule has 0 aliphatic carbocycles. The van der Waals surface area contributed by atoms with E-state index in [0.29, 0.717) is 5.06 Å². The van der Waals surface area contributed by atoms with Crippen LogP contribution in [0.4, 0.5) is 0 Å². The highest BCUT2D eigenvalue weighted by atomic mass is 16.5. The van der Waals surface area contributed by atoms with Gasteiger partial charge in [-0.25, -0.2) is 5.06 Å². The quantitative estimate of drug-likeness (QED) is 0.563. The van der Waals surface area contributed by atoms with Crippen LogP contribution in [0, 0.1) is 0 Å². The van der Waals surface area contributed by atoms with Crippen molar-refractivity contribution in [2.45, 2.75) is 65.5 Å². The number of carbonyl (C=O) groups excluding carboxylic acids is 3. The number of hydrogen-bond donors (Lipinski definition) is 2. The SMILES string of the molecule is CC(=O)CCC(=O)NC(C)(C)C(C)(C)N(O)C(C)=O. The molecule has 0 aliphatic heterocycles. The molecule has 0 unspecified atom stereocenters. The first kappa shape index (κ1) is 17.6. The number of rotatable bonds is 6. The second-order valence-electron chi connectivity index (χ2n) is 5.77. The largest absolute Gasteiger partial charge is 0.349 e. The van der Waals surface area contributed by atoms with E-state index in [2.05, 4.69) is 5.32 Å². The van der Waals surface area contributed by atoms with E-state index < -0.39 is 17.0 Å². The summed E-state index contributed by atoms with van der Waals surface area (Å²) >= 11 is 0. The van der Waals surface area contributed by atoms with E-state index in [9.17, 15) is 19.6 Å². The van der Waals surface area contributed by atoms with Crippen molar-refractivity contribution in [1.29, 1.82) is 0 Å². The minimum Gasteiger partial charge on any atom is -0.349 e. The van der Waals surface area contributed by atoms with Gasteiger partial charge in [0.15, 0.2) is 0 Å².